The summed E-state index contributed by atoms with van der Waals surface area (Å²) in [6.07, 6.45) is 4.68. The number of ether oxygens (including phenoxy) is 2. The highest BCUT2D eigenvalue weighted by atomic mass is 33.1. The van der Waals surface area contributed by atoms with Crippen molar-refractivity contribution in [3.8, 4) is 5.75 Å². The molecule has 6 heterocycles. The summed E-state index contributed by atoms with van der Waals surface area (Å²) in [6, 6.07) is 12.0. The zero-order valence-electron chi connectivity index (χ0n) is 32.6. The van der Waals surface area contributed by atoms with E-state index in [0.29, 0.717) is 31.4 Å². The Morgan fingerprint density at radius 3 is 2.67 bits per heavy atom. The highest BCUT2D eigenvalue weighted by Gasteiger charge is 2.65. The Labute approximate surface area is 354 Å². The third kappa shape index (κ3) is 5.28. The van der Waals surface area contributed by atoms with Gasteiger partial charge in [-0.05, 0) is 89.2 Å². The van der Waals surface area contributed by atoms with Gasteiger partial charge in [0.15, 0.2) is 11.6 Å². The van der Waals surface area contributed by atoms with Crippen LogP contribution >= 0.6 is 21.6 Å². The number of ketones is 2. The molecule has 12 bridgehead atoms. The van der Waals surface area contributed by atoms with E-state index in [0.717, 1.165) is 40.9 Å². The van der Waals surface area contributed by atoms with Gasteiger partial charge in [-0.1, -0.05) is 82.6 Å². The van der Waals surface area contributed by atoms with Gasteiger partial charge in [0, 0.05) is 28.8 Å². The van der Waals surface area contributed by atoms with Crippen LogP contribution in [-0.2, 0) is 17.8 Å². The molecule has 0 radical (unpaired) electrons. The van der Waals surface area contributed by atoms with Crippen molar-refractivity contribution in [1.29, 1.82) is 0 Å². The zero-order valence-corrected chi connectivity index (χ0v) is 34.2. The van der Waals surface area contributed by atoms with Crippen molar-refractivity contribution >= 4 is 33.2 Å². The summed E-state index contributed by atoms with van der Waals surface area (Å²) in [5.41, 5.74) is 3.29. The molecule has 13 rings (SSSR count). The van der Waals surface area contributed by atoms with Crippen LogP contribution in [0.1, 0.15) is 63.9 Å². The number of hydrogen-bond donors (Lipinski definition) is 8. The number of benzene rings is 2. The molecule has 8 N–H and O–H groups in total. The first kappa shape index (κ1) is 38.8. The molecule has 60 heavy (non-hydrogen) atoms. The number of hydrogen-bond acceptors (Lipinski definition) is 14. The molecule has 2 saturated carbocycles. The van der Waals surface area contributed by atoms with E-state index in [4.69, 9.17) is 9.47 Å². The van der Waals surface area contributed by atoms with Crippen LogP contribution in [-0.4, -0.2) is 96.7 Å². The Morgan fingerprint density at radius 1 is 1.00 bits per heavy atom. The molecule has 0 amide bonds. The average molecular weight is 851 g/mol. The van der Waals surface area contributed by atoms with Crippen LogP contribution in [0.3, 0.4) is 0 Å². The van der Waals surface area contributed by atoms with Crippen molar-refractivity contribution in [1.82, 2.24) is 10.6 Å². The lowest BCUT2D eigenvalue weighted by Gasteiger charge is -2.55. The number of aliphatic hydroxyl groups excluding tert-OH is 5. The number of carbonyl (C=O) groups excluding carboxylic acids is 2. The van der Waals surface area contributed by atoms with Gasteiger partial charge in [-0.25, -0.2) is 0 Å². The average Bonchev–Trinajstić information content (AvgIpc) is 3.89. The zero-order chi connectivity index (χ0) is 41.3. The minimum absolute atomic E-state index is 0.00538. The lowest BCUT2D eigenvalue weighted by Crippen LogP contribution is -2.69. The second-order valence-corrected chi connectivity index (χ2v) is 20.1. The standard InChI is InChI=1S/C46H46N2O10S2/c49-18-23-5-1-4-22(14-23)15-24-16-30-37(52)26-6-2-8-31-35(26)39(54)45(30,33(51)17-24)21-59-60-42-27-10-9-25-28-7-3-12-44(28,29-11-13-47-41(48-42)36(29)34(25)27)20-46(56)38(53)32(19-50)58-43(57-31)40(46)55/h1-2,4-6,8-9,11,14,16-17,28,30,32,38,40,42-43,47-51,53,55-56H,3,7,10,12-13,15,18-21H2/t28-,30+,32+,38+,40-,42+,43+,44+,45-,46-/m0/s1. The smallest absolute Gasteiger partial charge is 0.229 e. The van der Waals surface area contributed by atoms with Crippen LogP contribution < -0.4 is 15.4 Å². The van der Waals surface area contributed by atoms with Crippen LogP contribution in [0.5, 0.6) is 5.75 Å². The third-order valence-corrected chi connectivity index (χ3v) is 17.3. The number of allylic oxidation sites excluding steroid dienone is 9. The number of rotatable bonds is 4. The molecule has 3 fully saturated rings. The summed E-state index contributed by atoms with van der Waals surface area (Å²) in [5.74, 6) is -1.45. The first-order valence-corrected chi connectivity index (χ1v) is 23.1. The maximum atomic E-state index is 15.4. The highest BCUT2D eigenvalue weighted by Crippen LogP contribution is 2.67. The second-order valence-electron chi connectivity index (χ2n) is 17.6. The number of aliphatic hydroxyl groups is 6. The largest absolute Gasteiger partial charge is 0.511 e. The fourth-order valence-electron chi connectivity index (χ4n) is 12.0. The molecule has 0 unspecified atom stereocenters. The predicted octanol–water partition coefficient (Wildman–Crippen LogP) is 4.22. The van der Waals surface area contributed by atoms with Gasteiger partial charge >= 0.3 is 0 Å². The Kier molecular flexibility index (Phi) is 9.01. The minimum Gasteiger partial charge on any atom is -0.511 e. The molecule has 11 aliphatic rings. The van der Waals surface area contributed by atoms with Gasteiger partial charge in [-0.2, -0.15) is 0 Å². The van der Waals surface area contributed by atoms with Crippen LogP contribution in [0.2, 0.25) is 0 Å². The number of Topliss-reactive ketones (excluding diaryl/α,β-unsaturated/α-hetero) is 2. The molecule has 10 atom stereocenters. The van der Waals surface area contributed by atoms with E-state index in [1.165, 1.54) is 33.6 Å². The Morgan fingerprint density at radius 2 is 1.83 bits per heavy atom. The van der Waals surface area contributed by atoms with Gasteiger partial charge in [-0.3, -0.25) is 9.59 Å². The molecule has 5 aliphatic carbocycles. The van der Waals surface area contributed by atoms with Crippen LogP contribution in [0.25, 0.3) is 0 Å². The van der Waals surface area contributed by atoms with Crippen molar-refractivity contribution in [3.05, 3.63) is 134 Å². The van der Waals surface area contributed by atoms with Gasteiger partial charge in [0.25, 0.3) is 0 Å². The molecule has 312 valence electrons. The maximum absolute atomic E-state index is 15.4. The molecule has 2 spiro atoms. The number of dihydropyridines is 2. The fourth-order valence-corrected chi connectivity index (χ4v) is 15.0. The van der Waals surface area contributed by atoms with E-state index in [9.17, 15) is 35.4 Å². The number of nitrogens with one attached hydrogen (secondary N) is 2. The lowest BCUT2D eigenvalue weighted by molar-refractivity contribution is -0.320. The quantitative estimate of drug-likeness (QED) is 0.204. The summed E-state index contributed by atoms with van der Waals surface area (Å²) < 4.78 is 12.5. The third-order valence-electron chi connectivity index (χ3n) is 14.7. The van der Waals surface area contributed by atoms with Crippen molar-refractivity contribution < 1.29 is 49.7 Å². The highest BCUT2D eigenvalue weighted by molar-refractivity contribution is 8.77. The van der Waals surface area contributed by atoms with Crippen molar-refractivity contribution in [2.45, 2.75) is 80.7 Å². The molecule has 0 aromatic heterocycles. The van der Waals surface area contributed by atoms with Gasteiger partial charge in [0.05, 0.1) is 24.7 Å². The minimum atomic E-state index is -2.24. The lowest BCUT2D eigenvalue weighted by atomic mass is 9.54. The summed E-state index contributed by atoms with van der Waals surface area (Å²) >= 11 is 0. The van der Waals surface area contributed by atoms with Crippen LogP contribution in [0.15, 0.2) is 112 Å². The molecule has 6 aliphatic heterocycles. The van der Waals surface area contributed by atoms with Crippen LogP contribution in [0, 0.1) is 22.7 Å². The Hall–Kier alpha value is -4.12. The first-order valence-electron chi connectivity index (χ1n) is 20.7. The summed E-state index contributed by atoms with van der Waals surface area (Å²) in [6.45, 7) is -0.300. The van der Waals surface area contributed by atoms with Gasteiger partial charge in [-0.15, -0.1) is 0 Å². The van der Waals surface area contributed by atoms with E-state index in [1.54, 1.807) is 35.1 Å². The topological polar surface area (TPSA) is 198 Å². The maximum Gasteiger partial charge on any atom is 0.229 e. The molecule has 14 heteroatoms. The predicted molar refractivity (Wildman–Crippen MR) is 223 cm³/mol. The van der Waals surface area contributed by atoms with Crippen molar-refractivity contribution in [3.63, 3.8) is 0 Å². The molecular weight excluding hydrogens is 805 g/mol. The van der Waals surface area contributed by atoms with Crippen molar-refractivity contribution in [2.75, 3.05) is 18.9 Å². The fraction of sp³-hybridized carbons (Fsp3) is 0.435. The van der Waals surface area contributed by atoms with Gasteiger partial charge < -0.3 is 50.7 Å². The van der Waals surface area contributed by atoms with Crippen LogP contribution in [0.4, 0.5) is 0 Å². The first-order chi connectivity index (χ1) is 29.0. The number of carbonyl (C=O) groups is 2. The van der Waals surface area contributed by atoms with E-state index >= 15 is 4.79 Å². The Balaban J connectivity index is 1.08. The van der Waals surface area contributed by atoms with E-state index < -0.39 is 65.1 Å². The summed E-state index contributed by atoms with van der Waals surface area (Å²) in [4.78, 5) is 30.3. The second kappa shape index (κ2) is 13.9. The van der Waals surface area contributed by atoms with E-state index in [1.807, 2.05) is 24.3 Å². The summed E-state index contributed by atoms with van der Waals surface area (Å²) in [7, 11) is 2.98. The SMILES string of the molecule is O=C1c2cccc3c2C(=O)[C@]2(CSS[C@H]4NC5=C6C(=CCN5)[C@]5(CCC[C@H]5C5=CCC4=C56)C[C@]4(O)[C@H](O)[C@@H](CO)O[C@@H](O3)[C@@H]4O)C(O)=CC(Cc3cccc(CO)c3)=C[C@H]12. The van der Waals surface area contributed by atoms with E-state index in [-0.39, 0.29) is 52.7 Å². The molecule has 1 saturated heterocycles. The molecule has 12 nitrogen and oxygen atoms in total. The van der Waals surface area contributed by atoms with Crippen molar-refractivity contribution in [2.24, 2.45) is 22.7 Å². The monoisotopic (exact) mass is 850 g/mol. The molecule has 2 aromatic carbocycles. The normalized spacial score (nSPS) is 37.5. The summed E-state index contributed by atoms with van der Waals surface area (Å²) in [5, 5.41) is 76.7. The Bertz CT molecular complexity index is 2460. The molecule has 2 aromatic rings. The van der Waals surface area contributed by atoms with E-state index in [2.05, 4.69) is 22.8 Å². The molecular formula is C46H46N2O10S2. The van der Waals surface area contributed by atoms with Gasteiger partial charge in [0.2, 0.25) is 6.29 Å². The van der Waals surface area contributed by atoms with Gasteiger partial charge in [0.1, 0.15) is 52.0 Å².